The number of nitrogens with two attached hydrogens (primary N) is 2. The van der Waals surface area contributed by atoms with E-state index in [2.05, 4.69) is 54.9 Å². The zero-order valence-corrected chi connectivity index (χ0v) is 14.7. The van der Waals surface area contributed by atoms with Crippen LogP contribution in [0, 0.1) is 3.70 Å². The van der Waals surface area contributed by atoms with Crippen molar-refractivity contribution < 1.29 is 0 Å². The smallest absolute Gasteiger partial charge is 0.220 e. The minimum atomic E-state index is -0.411. The molecule has 5 N–H and O–H groups in total. The second-order valence-electron chi connectivity index (χ2n) is 6.06. The first-order chi connectivity index (χ1) is 11.1. The van der Waals surface area contributed by atoms with Gasteiger partial charge < -0.3 is 11.5 Å². The summed E-state index contributed by atoms with van der Waals surface area (Å²) < 4.78 is 1.03. The van der Waals surface area contributed by atoms with Crippen LogP contribution in [0.2, 0.25) is 0 Å². The van der Waals surface area contributed by atoms with Crippen molar-refractivity contribution in [1.29, 1.82) is 0 Å². The normalized spacial score (nSPS) is 20.7. The SMILES string of the molecule is NC1=NC2(CCCCC2)N(c2ccc3c(I)[nH]nc3c2)C(N)=N1. The maximum atomic E-state index is 6.24. The number of halogens is 1. The van der Waals surface area contributed by atoms with Gasteiger partial charge in [-0.25, -0.2) is 4.99 Å². The van der Waals surface area contributed by atoms with Crippen molar-refractivity contribution in [2.45, 2.75) is 37.8 Å². The average Bonchev–Trinajstić information content (AvgIpc) is 2.88. The summed E-state index contributed by atoms with van der Waals surface area (Å²) in [5.41, 5.74) is 13.6. The predicted octanol–water partition coefficient (Wildman–Crippen LogP) is 2.28. The Kier molecular flexibility index (Phi) is 3.43. The monoisotopic (exact) mass is 423 g/mol. The summed E-state index contributed by atoms with van der Waals surface area (Å²) in [6.45, 7) is 0. The molecule has 120 valence electrons. The summed E-state index contributed by atoms with van der Waals surface area (Å²) in [6.07, 6.45) is 5.31. The third-order valence-electron chi connectivity index (χ3n) is 4.60. The number of aliphatic imine (C=N–C) groups is 2. The van der Waals surface area contributed by atoms with Gasteiger partial charge in [-0.15, -0.1) is 0 Å². The van der Waals surface area contributed by atoms with Crippen LogP contribution in [0.4, 0.5) is 5.69 Å². The van der Waals surface area contributed by atoms with E-state index >= 15 is 0 Å². The molecule has 0 atom stereocenters. The van der Waals surface area contributed by atoms with Crippen LogP contribution in [0.15, 0.2) is 28.2 Å². The molecule has 0 bridgehead atoms. The van der Waals surface area contributed by atoms with Gasteiger partial charge in [0, 0.05) is 11.1 Å². The molecule has 23 heavy (non-hydrogen) atoms. The van der Waals surface area contributed by atoms with Crippen molar-refractivity contribution in [1.82, 2.24) is 10.2 Å². The van der Waals surface area contributed by atoms with Crippen LogP contribution in [0.3, 0.4) is 0 Å². The van der Waals surface area contributed by atoms with Crippen LogP contribution in [0.5, 0.6) is 0 Å². The van der Waals surface area contributed by atoms with Crippen molar-refractivity contribution in [2.75, 3.05) is 4.90 Å². The van der Waals surface area contributed by atoms with Gasteiger partial charge in [-0.2, -0.15) is 10.1 Å². The highest BCUT2D eigenvalue weighted by Gasteiger charge is 2.42. The largest absolute Gasteiger partial charge is 0.369 e. The number of hydrogen-bond donors (Lipinski definition) is 3. The topological polar surface area (TPSA) is 109 Å². The molecular formula is C15H18IN7. The lowest BCUT2D eigenvalue weighted by molar-refractivity contribution is 0.305. The first kappa shape index (κ1) is 14.7. The van der Waals surface area contributed by atoms with Crippen LogP contribution in [-0.2, 0) is 0 Å². The summed E-state index contributed by atoms with van der Waals surface area (Å²) in [4.78, 5) is 10.9. The number of benzene rings is 1. The molecule has 2 aromatic rings. The van der Waals surface area contributed by atoms with E-state index in [1.807, 2.05) is 11.0 Å². The Morgan fingerprint density at radius 2 is 1.96 bits per heavy atom. The summed E-state index contributed by atoms with van der Waals surface area (Å²) >= 11 is 2.24. The lowest BCUT2D eigenvalue weighted by Crippen LogP contribution is -2.58. The first-order valence-corrected chi connectivity index (χ1v) is 8.80. The third kappa shape index (κ3) is 2.35. The Balaban J connectivity index is 1.84. The molecule has 1 fully saturated rings. The maximum Gasteiger partial charge on any atom is 0.220 e. The van der Waals surface area contributed by atoms with Gasteiger partial charge in [0.05, 0.1) is 5.52 Å². The Morgan fingerprint density at radius 1 is 1.17 bits per heavy atom. The molecule has 4 rings (SSSR count). The van der Waals surface area contributed by atoms with E-state index < -0.39 is 5.66 Å². The van der Waals surface area contributed by atoms with E-state index in [-0.39, 0.29) is 5.96 Å². The van der Waals surface area contributed by atoms with E-state index in [0.29, 0.717) is 5.96 Å². The van der Waals surface area contributed by atoms with Crippen molar-refractivity contribution in [3.8, 4) is 0 Å². The lowest BCUT2D eigenvalue weighted by Gasteiger charge is -2.45. The highest BCUT2D eigenvalue weighted by molar-refractivity contribution is 14.1. The molecule has 2 heterocycles. The minimum Gasteiger partial charge on any atom is -0.369 e. The Hall–Kier alpha value is -1.84. The van der Waals surface area contributed by atoms with Gasteiger partial charge in [-0.3, -0.25) is 10.00 Å². The van der Waals surface area contributed by atoms with E-state index in [1.54, 1.807) is 0 Å². The fourth-order valence-corrected chi connectivity index (χ4v) is 4.18. The fourth-order valence-electron chi connectivity index (χ4n) is 3.60. The summed E-state index contributed by atoms with van der Waals surface area (Å²) in [5, 5.41) is 8.45. The number of nitrogens with one attached hydrogen (secondary N) is 1. The van der Waals surface area contributed by atoms with Crippen LogP contribution >= 0.6 is 22.6 Å². The molecule has 0 unspecified atom stereocenters. The molecule has 0 amide bonds. The Labute approximate surface area is 147 Å². The lowest BCUT2D eigenvalue weighted by atomic mass is 9.87. The first-order valence-electron chi connectivity index (χ1n) is 7.72. The molecule has 1 aliphatic carbocycles. The van der Waals surface area contributed by atoms with Gasteiger partial charge in [0.2, 0.25) is 11.9 Å². The highest BCUT2D eigenvalue weighted by Crippen LogP contribution is 2.40. The minimum absolute atomic E-state index is 0.274. The number of H-pyrrole nitrogens is 1. The summed E-state index contributed by atoms with van der Waals surface area (Å²) in [6, 6.07) is 6.14. The van der Waals surface area contributed by atoms with Crippen LogP contribution in [0.25, 0.3) is 10.9 Å². The average molecular weight is 423 g/mol. The number of rotatable bonds is 1. The van der Waals surface area contributed by atoms with Crippen molar-refractivity contribution in [2.24, 2.45) is 21.5 Å². The number of fused-ring (bicyclic) bond motifs is 1. The molecule has 1 aromatic carbocycles. The van der Waals surface area contributed by atoms with Crippen molar-refractivity contribution >= 4 is 51.1 Å². The van der Waals surface area contributed by atoms with Crippen molar-refractivity contribution in [3.05, 3.63) is 21.9 Å². The number of nitrogens with zero attached hydrogens (tertiary/aromatic N) is 4. The Bertz CT molecular complexity index is 816. The van der Waals surface area contributed by atoms with Gasteiger partial charge in [0.15, 0.2) is 0 Å². The van der Waals surface area contributed by atoms with E-state index in [9.17, 15) is 0 Å². The summed E-state index contributed by atoms with van der Waals surface area (Å²) in [7, 11) is 0. The van der Waals surface area contributed by atoms with Gasteiger partial charge in [0.25, 0.3) is 0 Å². The number of guanidine groups is 2. The van der Waals surface area contributed by atoms with Crippen LogP contribution < -0.4 is 16.4 Å². The van der Waals surface area contributed by atoms with Gasteiger partial charge in [0.1, 0.15) is 9.36 Å². The Morgan fingerprint density at radius 3 is 2.74 bits per heavy atom. The second-order valence-corrected chi connectivity index (χ2v) is 7.14. The predicted molar refractivity (Wildman–Crippen MR) is 100 cm³/mol. The maximum absolute atomic E-state index is 6.24. The molecule has 0 saturated heterocycles. The van der Waals surface area contributed by atoms with Gasteiger partial charge in [-0.05, 0) is 66.5 Å². The van der Waals surface area contributed by atoms with Gasteiger partial charge >= 0.3 is 0 Å². The van der Waals surface area contributed by atoms with Crippen molar-refractivity contribution in [3.63, 3.8) is 0 Å². The molecule has 1 aromatic heterocycles. The van der Waals surface area contributed by atoms with Crippen LogP contribution in [0.1, 0.15) is 32.1 Å². The van der Waals surface area contributed by atoms with Crippen LogP contribution in [-0.4, -0.2) is 27.8 Å². The molecule has 1 aliphatic heterocycles. The number of anilines is 1. The van der Waals surface area contributed by atoms with E-state index in [4.69, 9.17) is 11.5 Å². The third-order valence-corrected chi connectivity index (χ3v) is 5.42. The molecule has 2 aliphatic rings. The molecule has 7 nitrogen and oxygen atoms in total. The zero-order chi connectivity index (χ0) is 16.0. The van der Waals surface area contributed by atoms with E-state index in [0.717, 1.165) is 46.0 Å². The standard InChI is InChI=1S/C15H18IN7/c16-12-10-5-4-9(8-11(10)21-22-12)23-14(18)19-13(17)20-15(23)6-2-1-3-7-15/h4-5,8H,1-3,6-7H2,(H,21,22)(H4,17,18,19,20). The fraction of sp³-hybridized carbons (Fsp3) is 0.400. The quantitative estimate of drug-likeness (QED) is 0.612. The zero-order valence-electron chi connectivity index (χ0n) is 12.6. The molecule has 8 heteroatoms. The number of aromatic nitrogens is 2. The molecular weight excluding hydrogens is 405 g/mol. The molecule has 1 spiro atoms. The molecule has 0 radical (unpaired) electrons. The highest BCUT2D eigenvalue weighted by atomic mass is 127. The number of hydrogen-bond acceptors (Lipinski definition) is 6. The summed E-state index contributed by atoms with van der Waals surface area (Å²) in [5.74, 6) is 0.681. The molecule has 1 saturated carbocycles. The second kappa shape index (κ2) is 5.36. The van der Waals surface area contributed by atoms with Gasteiger partial charge in [-0.1, -0.05) is 6.42 Å². The number of aromatic amines is 1. The van der Waals surface area contributed by atoms with E-state index in [1.165, 1.54) is 6.42 Å².